The lowest BCUT2D eigenvalue weighted by molar-refractivity contribution is 0.0601. The van der Waals surface area contributed by atoms with Crippen molar-refractivity contribution in [1.82, 2.24) is 4.90 Å². The number of hydrogen-bond acceptors (Lipinski definition) is 2. The van der Waals surface area contributed by atoms with E-state index in [2.05, 4.69) is 0 Å². The molecule has 0 N–H and O–H groups in total. The Morgan fingerprint density at radius 1 is 1.44 bits per heavy atom. The van der Waals surface area contributed by atoms with Gasteiger partial charge in [-0.05, 0) is 26.0 Å². The van der Waals surface area contributed by atoms with Gasteiger partial charge in [-0.1, -0.05) is 12.1 Å². The highest BCUT2D eigenvalue weighted by Gasteiger charge is 2.37. The van der Waals surface area contributed by atoms with E-state index in [-0.39, 0.29) is 23.7 Å². The summed E-state index contributed by atoms with van der Waals surface area (Å²) in [5, 5.41) is 0. The maximum Gasteiger partial charge on any atom is 0.259 e. The van der Waals surface area contributed by atoms with E-state index in [1.807, 2.05) is 13.8 Å². The lowest BCUT2D eigenvalue weighted by atomic mass is 10.0. The molecule has 16 heavy (non-hydrogen) atoms. The van der Waals surface area contributed by atoms with Crippen molar-refractivity contribution in [3.05, 3.63) is 35.6 Å². The molecule has 1 aromatic carbocycles. The molecule has 0 aromatic heterocycles. The molecule has 0 aliphatic carbocycles. The van der Waals surface area contributed by atoms with Crippen LogP contribution in [0.15, 0.2) is 24.3 Å². The predicted octanol–water partition coefficient (Wildman–Crippen LogP) is 2.03. The number of amides is 1. The molecular weight excluding hydrogens is 209 g/mol. The van der Waals surface area contributed by atoms with Gasteiger partial charge in [-0.3, -0.25) is 4.79 Å². The second-order valence-corrected chi connectivity index (χ2v) is 4.50. The second-order valence-electron chi connectivity index (χ2n) is 4.50. The molecule has 0 unspecified atom stereocenters. The molecule has 0 atom stereocenters. The monoisotopic (exact) mass is 223 g/mol. The Morgan fingerprint density at radius 2 is 2.12 bits per heavy atom. The van der Waals surface area contributed by atoms with E-state index in [0.717, 1.165) is 0 Å². The zero-order valence-corrected chi connectivity index (χ0v) is 9.37. The molecule has 0 spiro atoms. The second kappa shape index (κ2) is 3.87. The number of ether oxygens (including phenoxy) is 1. The molecule has 4 heteroatoms. The predicted molar refractivity (Wildman–Crippen MR) is 57.5 cm³/mol. The summed E-state index contributed by atoms with van der Waals surface area (Å²) in [7, 11) is 0. The fourth-order valence-corrected chi connectivity index (χ4v) is 1.75. The smallest absolute Gasteiger partial charge is 0.259 e. The van der Waals surface area contributed by atoms with E-state index < -0.39 is 5.82 Å². The van der Waals surface area contributed by atoms with Crippen molar-refractivity contribution in [3.63, 3.8) is 0 Å². The van der Waals surface area contributed by atoms with Gasteiger partial charge in [0.15, 0.2) is 0 Å². The van der Waals surface area contributed by atoms with Crippen LogP contribution in [-0.4, -0.2) is 29.7 Å². The quantitative estimate of drug-likeness (QED) is 0.729. The van der Waals surface area contributed by atoms with Crippen molar-refractivity contribution in [2.75, 3.05) is 13.3 Å². The average Bonchev–Trinajstić information content (AvgIpc) is 2.58. The Labute approximate surface area is 93.8 Å². The minimum Gasteiger partial charge on any atom is -0.359 e. The number of nitrogens with zero attached hydrogens (tertiary/aromatic N) is 1. The first-order valence-electron chi connectivity index (χ1n) is 5.16. The largest absolute Gasteiger partial charge is 0.359 e. The average molecular weight is 223 g/mol. The molecule has 1 saturated heterocycles. The van der Waals surface area contributed by atoms with Crippen molar-refractivity contribution in [3.8, 4) is 0 Å². The highest BCUT2D eigenvalue weighted by molar-refractivity contribution is 5.95. The molecule has 2 rings (SSSR count). The molecule has 1 aliphatic rings. The van der Waals surface area contributed by atoms with Gasteiger partial charge in [0.2, 0.25) is 0 Å². The Morgan fingerprint density at radius 3 is 2.69 bits per heavy atom. The topological polar surface area (TPSA) is 29.5 Å². The minimum atomic E-state index is -0.491. The fourth-order valence-electron chi connectivity index (χ4n) is 1.75. The number of benzene rings is 1. The van der Waals surface area contributed by atoms with Crippen molar-refractivity contribution in [2.24, 2.45) is 0 Å². The van der Waals surface area contributed by atoms with Crippen LogP contribution >= 0.6 is 0 Å². The van der Waals surface area contributed by atoms with E-state index in [9.17, 15) is 9.18 Å². The Balaban J connectivity index is 2.30. The first kappa shape index (κ1) is 11.1. The van der Waals surface area contributed by atoms with Crippen LogP contribution in [0.1, 0.15) is 24.2 Å². The van der Waals surface area contributed by atoms with Crippen LogP contribution in [-0.2, 0) is 4.74 Å². The standard InChI is InChI=1S/C12H14FNO2/c1-12(2)7-16-8-14(12)11(15)9-5-3-4-6-10(9)13/h3-6H,7-8H2,1-2H3. The van der Waals surface area contributed by atoms with Crippen LogP contribution in [0, 0.1) is 5.82 Å². The summed E-state index contributed by atoms with van der Waals surface area (Å²) < 4.78 is 18.7. The Hall–Kier alpha value is -1.42. The van der Waals surface area contributed by atoms with Gasteiger partial charge in [-0.15, -0.1) is 0 Å². The zero-order valence-electron chi connectivity index (χ0n) is 9.37. The molecule has 86 valence electrons. The van der Waals surface area contributed by atoms with Crippen LogP contribution in [0.5, 0.6) is 0 Å². The van der Waals surface area contributed by atoms with Crippen molar-refractivity contribution < 1.29 is 13.9 Å². The summed E-state index contributed by atoms with van der Waals surface area (Å²) in [6.07, 6.45) is 0. The third kappa shape index (κ3) is 1.80. The molecule has 3 nitrogen and oxygen atoms in total. The van der Waals surface area contributed by atoms with E-state index in [4.69, 9.17) is 4.74 Å². The number of halogens is 1. The summed E-state index contributed by atoms with van der Waals surface area (Å²) in [6.45, 7) is 4.50. The normalized spacial score (nSPS) is 18.8. The third-order valence-electron chi connectivity index (χ3n) is 2.76. The molecule has 1 aromatic rings. The maximum absolute atomic E-state index is 13.5. The first-order valence-corrected chi connectivity index (χ1v) is 5.16. The SMILES string of the molecule is CC1(C)COCN1C(=O)c1ccccc1F. The van der Waals surface area contributed by atoms with Gasteiger partial charge in [0.25, 0.3) is 5.91 Å². The lowest BCUT2D eigenvalue weighted by Gasteiger charge is -2.29. The molecular formula is C12H14FNO2. The van der Waals surface area contributed by atoms with E-state index in [0.29, 0.717) is 6.61 Å². The number of hydrogen-bond donors (Lipinski definition) is 0. The van der Waals surface area contributed by atoms with Gasteiger partial charge >= 0.3 is 0 Å². The van der Waals surface area contributed by atoms with Crippen molar-refractivity contribution >= 4 is 5.91 Å². The first-order chi connectivity index (χ1) is 7.52. The number of carbonyl (C=O) groups is 1. The van der Waals surface area contributed by atoms with E-state index in [1.165, 1.54) is 12.1 Å². The summed E-state index contributed by atoms with van der Waals surface area (Å²) in [4.78, 5) is 13.6. The molecule has 1 heterocycles. The molecule has 1 fully saturated rings. The number of carbonyl (C=O) groups excluding carboxylic acids is 1. The van der Waals surface area contributed by atoms with Crippen molar-refractivity contribution in [1.29, 1.82) is 0 Å². The fraction of sp³-hybridized carbons (Fsp3) is 0.417. The summed E-state index contributed by atoms with van der Waals surface area (Å²) in [6, 6.07) is 6.00. The van der Waals surface area contributed by atoms with Crippen LogP contribution in [0.4, 0.5) is 4.39 Å². The molecule has 0 saturated carbocycles. The molecule has 1 amide bonds. The third-order valence-corrected chi connectivity index (χ3v) is 2.76. The Bertz CT molecular complexity index is 417. The van der Waals surface area contributed by atoms with E-state index >= 15 is 0 Å². The summed E-state index contributed by atoms with van der Waals surface area (Å²) in [5.41, 5.74) is -0.277. The highest BCUT2D eigenvalue weighted by atomic mass is 19.1. The van der Waals surface area contributed by atoms with Gasteiger partial charge in [-0.25, -0.2) is 4.39 Å². The lowest BCUT2D eigenvalue weighted by Crippen LogP contribution is -2.44. The minimum absolute atomic E-state index is 0.0982. The highest BCUT2D eigenvalue weighted by Crippen LogP contribution is 2.24. The molecule has 0 radical (unpaired) electrons. The van der Waals surface area contributed by atoms with Crippen LogP contribution in [0.3, 0.4) is 0 Å². The number of rotatable bonds is 1. The van der Waals surface area contributed by atoms with Crippen LogP contribution < -0.4 is 0 Å². The van der Waals surface area contributed by atoms with Crippen LogP contribution in [0.25, 0.3) is 0 Å². The summed E-state index contributed by atoms with van der Waals surface area (Å²) >= 11 is 0. The van der Waals surface area contributed by atoms with Gasteiger partial charge in [0.05, 0.1) is 17.7 Å². The van der Waals surface area contributed by atoms with Gasteiger partial charge < -0.3 is 9.64 Å². The maximum atomic E-state index is 13.5. The van der Waals surface area contributed by atoms with Crippen LogP contribution in [0.2, 0.25) is 0 Å². The Kier molecular flexibility index (Phi) is 2.68. The van der Waals surface area contributed by atoms with Gasteiger partial charge in [0.1, 0.15) is 12.5 Å². The van der Waals surface area contributed by atoms with E-state index in [1.54, 1.807) is 17.0 Å². The van der Waals surface area contributed by atoms with Gasteiger partial charge in [0, 0.05) is 0 Å². The summed E-state index contributed by atoms with van der Waals surface area (Å²) in [5.74, 6) is -0.809. The molecule has 1 aliphatic heterocycles. The van der Waals surface area contributed by atoms with Crippen molar-refractivity contribution in [2.45, 2.75) is 19.4 Å². The zero-order chi connectivity index (χ0) is 11.8. The van der Waals surface area contributed by atoms with Gasteiger partial charge in [-0.2, -0.15) is 0 Å². The molecule has 0 bridgehead atoms.